The molecule has 140 valence electrons. The number of anilines is 1. The predicted molar refractivity (Wildman–Crippen MR) is 102 cm³/mol. The van der Waals surface area contributed by atoms with Gasteiger partial charge in [-0.2, -0.15) is 0 Å². The SMILES string of the molecule is O=C(NCc1ccc(Cl)s1)Nc1cscc1-c1nc(C(=O)O)c(O)c(=O)[nH]1. The molecule has 0 fully saturated rings. The molecule has 0 aliphatic heterocycles. The van der Waals surface area contributed by atoms with Gasteiger partial charge < -0.3 is 25.8 Å². The van der Waals surface area contributed by atoms with E-state index in [4.69, 9.17) is 16.7 Å². The number of carboxylic acids is 1. The molecule has 0 aliphatic rings. The number of hydrogen-bond donors (Lipinski definition) is 5. The number of aromatic amines is 1. The minimum absolute atomic E-state index is 0.0863. The molecule has 5 N–H and O–H groups in total. The molecule has 0 unspecified atom stereocenters. The van der Waals surface area contributed by atoms with Crippen LogP contribution in [0.15, 0.2) is 27.7 Å². The summed E-state index contributed by atoms with van der Waals surface area (Å²) in [5, 5.41) is 27.0. The number of amides is 2. The first-order valence-corrected chi connectivity index (χ1v) is 9.41. The van der Waals surface area contributed by atoms with E-state index in [1.54, 1.807) is 22.9 Å². The zero-order chi connectivity index (χ0) is 19.6. The molecule has 2 amide bonds. The van der Waals surface area contributed by atoms with Gasteiger partial charge in [0, 0.05) is 15.6 Å². The maximum atomic E-state index is 12.1. The molecule has 3 heterocycles. The Kier molecular flexibility index (Phi) is 5.44. The van der Waals surface area contributed by atoms with E-state index in [0.717, 1.165) is 4.88 Å². The van der Waals surface area contributed by atoms with E-state index < -0.39 is 29.0 Å². The van der Waals surface area contributed by atoms with Crippen molar-refractivity contribution in [2.24, 2.45) is 0 Å². The monoisotopic (exact) mass is 426 g/mol. The molecular weight excluding hydrogens is 416 g/mol. The highest BCUT2D eigenvalue weighted by atomic mass is 35.5. The van der Waals surface area contributed by atoms with E-state index in [1.165, 1.54) is 22.7 Å². The highest BCUT2D eigenvalue weighted by Gasteiger charge is 2.19. The van der Waals surface area contributed by atoms with Gasteiger partial charge in [0.2, 0.25) is 5.75 Å². The molecule has 0 spiro atoms. The topological polar surface area (TPSA) is 144 Å². The lowest BCUT2D eigenvalue weighted by Gasteiger charge is -2.08. The van der Waals surface area contributed by atoms with Crippen LogP contribution in [0.5, 0.6) is 5.75 Å². The van der Waals surface area contributed by atoms with E-state index in [9.17, 15) is 19.5 Å². The molecule has 3 rings (SSSR count). The number of halogens is 1. The fourth-order valence-electron chi connectivity index (χ4n) is 2.10. The van der Waals surface area contributed by atoms with Crippen LogP contribution >= 0.6 is 34.3 Å². The molecule has 3 aromatic heterocycles. The predicted octanol–water partition coefficient (Wildman–Crippen LogP) is 2.94. The summed E-state index contributed by atoms with van der Waals surface area (Å²) >= 11 is 8.39. The second-order valence-electron chi connectivity index (χ2n) is 5.13. The smallest absolute Gasteiger partial charge is 0.358 e. The van der Waals surface area contributed by atoms with Crippen LogP contribution in [0.3, 0.4) is 0 Å². The van der Waals surface area contributed by atoms with Crippen LogP contribution in [0.4, 0.5) is 10.5 Å². The third-order valence-electron chi connectivity index (χ3n) is 3.31. The van der Waals surface area contributed by atoms with E-state index in [0.29, 0.717) is 15.6 Å². The molecule has 0 bridgehead atoms. The molecular formula is C15H11ClN4O5S2. The molecule has 0 aliphatic carbocycles. The molecule has 0 aromatic carbocycles. The fraction of sp³-hybridized carbons (Fsp3) is 0.0667. The summed E-state index contributed by atoms with van der Waals surface area (Å²) in [5.41, 5.74) is -1.13. The van der Waals surface area contributed by atoms with Crippen LogP contribution in [0, 0.1) is 0 Å². The largest absolute Gasteiger partial charge is 0.501 e. The Balaban J connectivity index is 1.79. The Morgan fingerprint density at radius 2 is 2.07 bits per heavy atom. The first-order valence-electron chi connectivity index (χ1n) is 7.27. The van der Waals surface area contributed by atoms with Gasteiger partial charge >= 0.3 is 12.0 Å². The number of H-pyrrole nitrogens is 1. The lowest BCUT2D eigenvalue weighted by Crippen LogP contribution is -2.28. The number of nitrogens with zero attached hydrogens (tertiary/aromatic N) is 1. The summed E-state index contributed by atoms with van der Waals surface area (Å²) < 4.78 is 0.615. The summed E-state index contributed by atoms with van der Waals surface area (Å²) in [6.45, 7) is 0.278. The van der Waals surface area contributed by atoms with E-state index in [2.05, 4.69) is 20.6 Å². The zero-order valence-corrected chi connectivity index (χ0v) is 15.7. The maximum Gasteiger partial charge on any atom is 0.358 e. The van der Waals surface area contributed by atoms with Gasteiger partial charge in [-0.05, 0) is 12.1 Å². The number of aromatic hydroxyl groups is 1. The number of hydrogen-bond acceptors (Lipinski definition) is 7. The van der Waals surface area contributed by atoms with Gasteiger partial charge in [0.15, 0.2) is 5.69 Å². The third kappa shape index (κ3) is 4.27. The number of aromatic carboxylic acids is 1. The molecule has 12 heteroatoms. The molecule has 0 saturated carbocycles. The van der Waals surface area contributed by atoms with Gasteiger partial charge in [0.25, 0.3) is 5.56 Å². The van der Waals surface area contributed by atoms with Gasteiger partial charge in [-0.1, -0.05) is 11.6 Å². The van der Waals surface area contributed by atoms with Gasteiger partial charge in [-0.25, -0.2) is 14.6 Å². The van der Waals surface area contributed by atoms with Gasteiger partial charge in [-0.3, -0.25) is 4.79 Å². The Bertz CT molecular complexity index is 1070. The first-order chi connectivity index (χ1) is 12.8. The van der Waals surface area contributed by atoms with Crippen LogP contribution in [0.2, 0.25) is 4.34 Å². The number of carbonyl (C=O) groups excluding carboxylic acids is 1. The summed E-state index contributed by atoms with van der Waals surface area (Å²) in [4.78, 5) is 41.9. The second kappa shape index (κ2) is 7.78. The molecule has 0 radical (unpaired) electrons. The van der Waals surface area contributed by atoms with E-state index >= 15 is 0 Å². The van der Waals surface area contributed by atoms with Crippen LogP contribution in [-0.4, -0.2) is 32.2 Å². The minimum atomic E-state index is -1.54. The van der Waals surface area contributed by atoms with Crippen molar-refractivity contribution in [3.05, 3.63) is 48.2 Å². The first kappa shape index (κ1) is 18.9. The lowest BCUT2D eigenvalue weighted by atomic mass is 10.2. The second-order valence-corrected chi connectivity index (χ2v) is 7.67. The van der Waals surface area contributed by atoms with Crippen molar-refractivity contribution in [3.63, 3.8) is 0 Å². The van der Waals surface area contributed by atoms with E-state index in [1.807, 2.05) is 0 Å². The lowest BCUT2D eigenvalue weighted by molar-refractivity contribution is 0.0686. The number of nitrogens with one attached hydrogen (secondary N) is 3. The van der Waals surface area contributed by atoms with Gasteiger partial charge in [0.1, 0.15) is 5.82 Å². The van der Waals surface area contributed by atoms with Crippen LogP contribution in [0.25, 0.3) is 11.4 Å². The Hall–Kier alpha value is -2.89. The zero-order valence-electron chi connectivity index (χ0n) is 13.3. The van der Waals surface area contributed by atoms with E-state index in [-0.39, 0.29) is 12.4 Å². The number of aromatic nitrogens is 2. The average Bonchev–Trinajstić information content (AvgIpc) is 3.24. The molecule has 3 aromatic rings. The number of rotatable bonds is 5. The summed E-state index contributed by atoms with van der Waals surface area (Å²) in [7, 11) is 0. The van der Waals surface area contributed by atoms with Crippen molar-refractivity contribution in [1.29, 1.82) is 0 Å². The molecule has 0 saturated heterocycles. The van der Waals surface area contributed by atoms with Crippen molar-refractivity contribution >= 4 is 52.0 Å². The number of thiophene rings is 2. The van der Waals surface area contributed by atoms with Crippen molar-refractivity contribution < 1.29 is 19.8 Å². The Morgan fingerprint density at radius 3 is 2.74 bits per heavy atom. The van der Waals surface area contributed by atoms with Crippen LogP contribution in [-0.2, 0) is 6.54 Å². The Labute approximate surface area is 164 Å². The fourth-order valence-corrected chi connectivity index (χ4v) is 3.89. The van der Waals surface area contributed by atoms with Gasteiger partial charge in [0.05, 0.1) is 22.1 Å². The highest BCUT2D eigenvalue weighted by molar-refractivity contribution is 7.16. The quantitative estimate of drug-likeness (QED) is 0.424. The van der Waals surface area contributed by atoms with Gasteiger partial charge in [-0.15, -0.1) is 22.7 Å². The van der Waals surface area contributed by atoms with Crippen LogP contribution < -0.4 is 16.2 Å². The Morgan fingerprint density at radius 1 is 1.30 bits per heavy atom. The maximum absolute atomic E-state index is 12.1. The normalized spacial score (nSPS) is 10.6. The van der Waals surface area contributed by atoms with Crippen molar-refractivity contribution in [3.8, 4) is 17.1 Å². The number of urea groups is 1. The summed E-state index contributed by atoms with van der Waals surface area (Å²) in [6, 6.07) is 3.02. The minimum Gasteiger partial charge on any atom is -0.501 e. The highest BCUT2D eigenvalue weighted by Crippen LogP contribution is 2.29. The van der Waals surface area contributed by atoms with Crippen molar-refractivity contribution in [2.45, 2.75) is 6.54 Å². The summed E-state index contributed by atoms with van der Waals surface area (Å²) in [5.74, 6) is -2.61. The number of carboxylic acid groups (broad SMARTS) is 1. The average molecular weight is 427 g/mol. The summed E-state index contributed by atoms with van der Waals surface area (Å²) in [6.07, 6.45) is 0. The van der Waals surface area contributed by atoms with Crippen molar-refractivity contribution in [2.75, 3.05) is 5.32 Å². The molecule has 9 nitrogen and oxygen atoms in total. The molecule has 0 atom stereocenters. The third-order valence-corrected chi connectivity index (χ3v) is 5.29. The number of carbonyl (C=O) groups is 2. The molecule has 27 heavy (non-hydrogen) atoms. The van der Waals surface area contributed by atoms with Crippen LogP contribution in [0.1, 0.15) is 15.4 Å². The standard InChI is InChI=1S/C15H11ClN4O5S2/c16-9-2-1-6(27-9)3-17-15(25)18-8-5-26-4-7(8)12-19-10(14(23)24)11(21)13(22)20-12/h1-2,4-5,21H,3H2,(H,23,24)(H2,17,18,25)(H,19,20,22). The van der Waals surface area contributed by atoms with Crippen molar-refractivity contribution in [1.82, 2.24) is 15.3 Å².